The highest BCUT2D eigenvalue weighted by Gasteiger charge is 2.06. The normalized spacial score (nSPS) is 13.9. The van der Waals surface area contributed by atoms with E-state index in [1.165, 1.54) is 22.3 Å². The minimum atomic E-state index is 0.889. The summed E-state index contributed by atoms with van der Waals surface area (Å²) in [6, 6.07) is 6.46. The molecule has 0 spiro atoms. The number of nitrogens with zero attached hydrogens (tertiary/aromatic N) is 1. The van der Waals surface area contributed by atoms with Crippen LogP contribution in [0.25, 0.3) is 5.57 Å². The summed E-state index contributed by atoms with van der Waals surface area (Å²) in [5.74, 6) is 0. The maximum atomic E-state index is 5.02. The van der Waals surface area contributed by atoms with Crippen LogP contribution < -0.4 is 0 Å². The maximum Gasteiger partial charge on any atom is 0.0670 e. The molecule has 0 radical (unpaired) electrons. The lowest BCUT2D eigenvalue weighted by molar-refractivity contribution is 1.13. The van der Waals surface area contributed by atoms with E-state index in [0.717, 1.165) is 35.4 Å². The Balaban J connectivity index is 3.32. The number of rotatable bonds is 9. The predicted molar refractivity (Wildman–Crippen MR) is 129 cm³/mol. The van der Waals surface area contributed by atoms with Gasteiger partial charge in [0.2, 0.25) is 0 Å². The van der Waals surface area contributed by atoms with Gasteiger partial charge in [-0.05, 0) is 74.4 Å². The molecule has 0 atom stereocenters. The highest BCUT2D eigenvalue weighted by atomic mass is 14.8. The average Bonchev–Trinajstić information content (AvgIpc) is 2.69. The Morgan fingerprint density at radius 1 is 1.04 bits per heavy atom. The van der Waals surface area contributed by atoms with Crippen LogP contribution in [0.4, 0.5) is 5.69 Å². The molecule has 1 rings (SSSR count). The molecule has 0 amide bonds. The van der Waals surface area contributed by atoms with E-state index in [0.29, 0.717) is 0 Å². The zero-order valence-electron chi connectivity index (χ0n) is 18.5. The van der Waals surface area contributed by atoms with Crippen LogP contribution >= 0.6 is 0 Å². The fourth-order valence-electron chi connectivity index (χ4n) is 2.89. The molecule has 0 bridgehead atoms. The van der Waals surface area contributed by atoms with E-state index in [9.17, 15) is 0 Å². The summed E-state index contributed by atoms with van der Waals surface area (Å²) < 4.78 is 0. The highest BCUT2D eigenvalue weighted by molar-refractivity contribution is 6.01. The molecule has 1 aromatic rings. The van der Waals surface area contributed by atoms with Crippen molar-refractivity contribution in [2.45, 2.75) is 54.4 Å². The number of aliphatic imine (C=N–C) groups is 1. The quantitative estimate of drug-likeness (QED) is 0.304. The molecular formula is C27H35N. The summed E-state index contributed by atoms with van der Waals surface area (Å²) in [7, 11) is 0. The first kappa shape index (κ1) is 23.4. The summed E-state index contributed by atoms with van der Waals surface area (Å²) in [4.78, 5) is 5.02. The van der Waals surface area contributed by atoms with Crippen LogP contribution in [0.3, 0.4) is 0 Å². The van der Waals surface area contributed by atoms with Crippen molar-refractivity contribution in [1.82, 2.24) is 0 Å². The fourth-order valence-corrected chi connectivity index (χ4v) is 2.89. The summed E-state index contributed by atoms with van der Waals surface area (Å²) in [5, 5.41) is 0. The van der Waals surface area contributed by atoms with Crippen LogP contribution in [-0.4, -0.2) is 5.71 Å². The largest absolute Gasteiger partial charge is 0.253 e. The van der Waals surface area contributed by atoms with Crippen LogP contribution in [0.5, 0.6) is 0 Å². The molecule has 148 valence electrons. The summed E-state index contributed by atoms with van der Waals surface area (Å²) >= 11 is 0. The van der Waals surface area contributed by atoms with Crippen LogP contribution in [0.2, 0.25) is 0 Å². The molecule has 0 heterocycles. The molecule has 1 heteroatoms. The van der Waals surface area contributed by atoms with Crippen molar-refractivity contribution >= 4 is 17.0 Å². The zero-order valence-corrected chi connectivity index (χ0v) is 18.5. The Kier molecular flexibility index (Phi) is 9.95. The summed E-state index contributed by atoms with van der Waals surface area (Å²) in [5.41, 5.74) is 9.18. The van der Waals surface area contributed by atoms with Crippen molar-refractivity contribution in [3.63, 3.8) is 0 Å². The Morgan fingerprint density at radius 2 is 1.71 bits per heavy atom. The molecule has 0 saturated heterocycles. The van der Waals surface area contributed by atoms with Crippen molar-refractivity contribution in [2.75, 3.05) is 0 Å². The molecule has 1 aromatic carbocycles. The monoisotopic (exact) mass is 373 g/mol. The van der Waals surface area contributed by atoms with Gasteiger partial charge in [-0.3, -0.25) is 4.99 Å². The standard InChI is InChI=1S/C27H35N/c1-9-13-24(14-10-2)21(7)15-16-22(8)26(12-4)28-27-19-25(20(5)6)18-17-23(27)11-3/h9-10,13-19H,1,5,11-12H2,2-4,6-8H3/b14-10-,21-15+,22-16+,24-13+,28-26?. The molecular weight excluding hydrogens is 338 g/mol. The van der Waals surface area contributed by atoms with Gasteiger partial charge in [0.15, 0.2) is 0 Å². The minimum absolute atomic E-state index is 0.889. The molecule has 0 aliphatic carbocycles. The van der Waals surface area contributed by atoms with Gasteiger partial charge in [-0.2, -0.15) is 0 Å². The van der Waals surface area contributed by atoms with Crippen molar-refractivity contribution in [3.05, 3.63) is 95.7 Å². The first-order chi connectivity index (χ1) is 13.4. The number of benzene rings is 1. The van der Waals surface area contributed by atoms with Gasteiger partial charge >= 0.3 is 0 Å². The molecule has 0 fully saturated rings. The van der Waals surface area contributed by atoms with E-state index in [1.807, 2.05) is 32.1 Å². The van der Waals surface area contributed by atoms with Gasteiger partial charge < -0.3 is 0 Å². The summed E-state index contributed by atoms with van der Waals surface area (Å²) in [6.45, 7) is 20.5. The van der Waals surface area contributed by atoms with Gasteiger partial charge in [0.05, 0.1) is 5.69 Å². The van der Waals surface area contributed by atoms with Gasteiger partial charge in [-0.15, -0.1) is 0 Å². The smallest absolute Gasteiger partial charge is 0.0670 e. The van der Waals surface area contributed by atoms with Crippen LogP contribution in [0, 0.1) is 0 Å². The second kappa shape index (κ2) is 11.9. The van der Waals surface area contributed by atoms with Crippen molar-refractivity contribution in [3.8, 4) is 0 Å². The van der Waals surface area contributed by atoms with Crippen molar-refractivity contribution in [1.29, 1.82) is 0 Å². The minimum Gasteiger partial charge on any atom is -0.253 e. The van der Waals surface area contributed by atoms with Crippen LogP contribution in [0.1, 0.15) is 59.1 Å². The fraction of sp³-hybridized carbons (Fsp3) is 0.296. The van der Waals surface area contributed by atoms with Gasteiger partial charge in [0, 0.05) is 5.71 Å². The lowest BCUT2D eigenvalue weighted by Gasteiger charge is -2.10. The molecule has 28 heavy (non-hydrogen) atoms. The van der Waals surface area contributed by atoms with Crippen molar-refractivity contribution in [2.24, 2.45) is 4.99 Å². The Hall–Kier alpha value is -2.67. The molecule has 0 aliphatic heterocycles. The number of hydrogen-bond acceptors (Lipinski definition) is 1. The number of hydrogen-bond donors (Lipinski definition) is 0. The molecule has 0 aliphatic rings. The highest BCUT2D eigenvalue weighted by Crippen LogP contribution is 2.26. The molecule has 0 aromatic heterocycles. The van der Waals surface area contributed by atoms with E-state index < -0.39 is 0 Å². The van der Waals surface area contributed by atoms with Crippen LogP contribution in [-0.2, 0) is 6.42 Å². The SMILES string of the molecule is C=C/C=C(\C=C/C)C(/C)=C/C=C(\C)C(CC)=Nc1cc(C(=C)C)ccc1CC. The maximum absolute atomic E-state index is 5.02. The first-order valence-electron chi connectivity index (χ1n) is 10.1. The zero-order chi connectivity index (χ0) is 21.1. The number of aryl methyl sites for hydroxylation is 1. The first-order valence-corrected chi connectivity index (χ1v) is 10.1. The van der Waals surface area contributed by atoms with E-state index in [-0.39, 0.29) is 0 Å². The van der Waals surface area contributed by atoms with Gasteiger partial charge in [-0.1, -0.05) is 81.2 Å². The lowest BCUT2D eigenvalue weighted by Crippen LogP contribution is -1.98. The van der Waals surface area contributed by atoms with Gasteiger partial charge in [-0.25, -0.2) is 0 Å². The Morgan fingerprint density at radius 3 is 2.25 bits per heavy atom. The van der Waals surface area contributed by atoms with E-state index in [2.05, 4.69) is 77.3 Å². The third kappa shape index (κ3) is 6.81. The molecule has 1 nitrogen and oxygen atoms in total. The Labute approximate surface area is 172 Å². The van der Waals surface area contributed by atoms with Gasteiger partial charge in [0.1, 0.15) is 0 Å². The molecule has 0 saturated carbocycles. The van der Waals surface area contributed by atoms with E-state index in [4.69, 9.17) is 4.99 Å². The van der Waals surface area contributed by atoms with Gasteiger partial charge in [0.25, 0.3) is 0 Å². The Bertz CT molecular complexity index is 854. The molecule has 0 N–H and O–H groups in total. The van der Waals surface area contributed by atoms with Crippen LogP contribution in [0.15, 0.2) is 89.5 Å². The van der Waals surface area contributed by atoms with E-state index >= 15 is 0 Å². The predicted octanol–water partition coefficient (Wildman–Crippen LogP) is 8.35. The second-order valence-electron chi connectivity index (χ2n) is 6.95. The average molecular weight is 374 g/mol. The van der Waals surface area contributed by atoms with Crippen molar-refractivity contribution < 1.29 is 0 Å². The summed E-state index contributed by atoms with van der Waals surface area (Å²) in [6.07, 6.45) is 14.2. The lowest BCUT2D eigenvalue weighted by atomic mass is 10.0. The molecule has 0 unspecified atom stereocenters. The second-order valence-corrected chi connectivity index (χ2v) is 6.95. The third-order valence-corrected chi connectivity index (χ3v) is 4.69. The topological polar surface area (TPSA) is 12.4 Å². The van der Waals surface area contributed by atoms with E-state index in [1.54, 1.807) is 0 Å². The third-order valence-electron chi connectivity index (χ3n) is 4.69. The number of allylic oxidation sites excluding steroid dienone is 10.